The molecule has 440 valence electrons. The van der Waals surface area contributed by atoms with Gasteiger partial charge >= 0.3 is 0 Å². The van der Waals surface area contributed by atoms with Crippen LogP contribution >= 0.6 is 22.7 Å². The molecule has 8 aromatic rings. The number of benzene rings is 3. The van der Waals surface area contributed by atoms with Crippen LogP contribution in [0.1, 0.15) is 139 Å². The number of rotatable bonds is 16. The fraction of sp³-hybridized carbons (Fsp3) is 0.431. The first-order valence-corrected chi connectivity index (χ1v) is 31.6. The van der Waals surface area contributed by atoms with Crippen molar-refractivity contribution < 1.29 is 33.5 Å². The molecule has 3 N–H and O–H groups in total. The summed E-state index contributed by atoms with van der Waals surface area (Å²) in [5.74, 6) is -0.167. The van der Waals surface area contributed by atoms with Crippen molar-refractivity contribution in [2.24, 2.45) is 17.3 Å². The van der Waals surface area contributed by atoms with E-state index in [4.69, 9.17) is 19.3 Å². The topological polar surface area (TPSA) is 214 Å². The minimum atomic E-state index is -0.867. The molecular weight excluding hydrogens is 1110 g/mol. The molecule has 1 spiro atoms. The fourth-order valence-corrected chi connectivity index (χ4v) is 15.3. The average Bonchev–Trinajstić information content (AvgIpc) is 2.35. The predicted molar refractivity (Wildman–Crippen MR) is 327 cm³/mol. The average molecular weight is 1180 g/mol. The number of nitrogens with one attached hydrogen (secondary N) is 2. The number of carbonyl (C=O) groups excluding carboxylic acids is 4. The van der Waals surface area contributed by atoms with Crippen LogP contribution in [0.5, 0.6) is 5.88 Å². The van der Waals surface area contributed by atoms with Crippen molar-refractivity contribution in [3.8, 4) is 27.4 Å². The van der Waals surface area contributed by atoms with E-state index in [9.17, 15) is 19.5 Å². The van der Waals surface area contributed by atoms with Crippen LogP contribution in [-0.2, 0) is 29.1 Å². The number of pyridine rings is 1. The van der Waals surface area contributed by atoms with Crippen molar-refractivity contribution in [2.45, 2.75) is 136 Å². The minimum Gasteiger partial charge on any atom is -0.472 e. The van der Waals surface area contributed by atoms with Gasteiger partial charge < -0.3 is 34.4 Å². The Hall–Kier alpha value is -7.81. The number of ether oxygens (including phenoxy) is 1. The summed E-state index contributed by atoms with van der Waals surface area (Å²) in [4.78, 5) is 78.3. The second-order valence-corrected chi connectivity index (χ2v) is 26.5. The van der Waals surface area contributed by atoms with Gasteiger partial charge in [0.2, 0.25) is 11.8 Å². The molecule has 0 unspecified atom stereocenters. The molecule has 3 aliphatic heterocycles. The Morgan fingerprint density at radius 2 is 1.72 bits per heavy atom. The Morgan fingerprint density at radius 3 is 2.48 bits per heavy atom. The minimum absolute atomic E-state index is 0.0230. The van der Waals surface area contributed by atoms with Crippen molar-refractivity contribution in [2.75, 3.05) is 36.4 Å². The van der Waals surface area contributed by atoms with Crippen LogP contribution in [0.3, 0.4) is 0 Å². The second kappa shape index (κ2) is 23.2. The molecule has 2 saturated carbocycles. The number of β-amino-alcohol motifs (C(OH)–C–C–N with tert-alkyl or cyclic N) is 1. The van der Waals surface area contributed by atoms with Crippen LogP contribution in [-0.4, -0.2) is 113 Å². The summed E-state index contributed by atoms with van der Waals surface area (Å²) in [6.45, 7) is 12.9. The Balaban J connectivity index is 0.670. The van der Waals surface area contributed by atoms with Gasteiger partial charge in [0.05, 0.1) is 44.6 Å². The molecule has 4 amide bonds. The highest BCUT2D eigenvalue weighted by Crippen LogP contribution is 2.51. The number of aliphatic hydroxyl groups is 1. The number of fused-ring (bicyclic) bond motifs is 2. The quantitative estimate of drug-likeness (QED) is 0.0822. The number of aliphatic hydroxyl groups excluding tert-OH is 1. The highest BCUT2D eigenvalue weighted by atomic mass is 32.1. The number of aryl methyl sites for hydroxylation is 1. The number of nitrogens with zero attached hydrogens (tertiary/aromatic N) is 9. The molecule has 85 heavy (non-hydrogen) atoms. The van der Waals surface area contributed by atoms with Gasteiger partial charge in [0.25, 0.3) is 17.7 Å². The van der Waals surface area contributed by atoms with Crippen molar-refractivity contribution in [1.82, 2.24) is 45.0 Å². The summed E-state index contributed by atoms with van der Waals surface area (Å²) < 4.78 is 15.4. The van der Waals surface area contributed by atoms with Gasteiger partial charge in [-0.15, -0.1) is 11.3 Å². The third kappa shape index (κ3) is 11.2. The number of likely N-dealkylation sites (tertiary alicyclic amines) is 2. The van der Waals surface area contributed by atoms with Gasteiger partial charge in [0, 0.05) is 79.6 Å². The summed E-state index contributed by atoms with van der Waals surface area (Å²) in [6.07, 6.45) is 9.26. The zero-order chi connectivity index (χ0) is 58.7. The third-order valence-corrected chi connectivity index (χ3v) is 20.3. The molecule has 8 heterocycles. The Morgan fingerprint density at radius 1 is 0.918 bits per heavy atom. The highest BCUT2D eigenvalue weighted by molar-refractivity contribution is 7.22. The van der Waals surface area contributed by atoms with E-state index in [1.807, 2.05) is 117 Å². The lowest BCUT2D eigenvalue weighted by Crippen LogP contribution is -2.66. The monoisotopic (exact) mass is 1180 g/mol. The third-order valence-electron chi connectivity index (χ3n) is 18.3. The van der Waals surface area contributed by atoms with E-state index in [1.54, 1.807) is 17.4 Å². The molecule has 20 heteroatoms. The van der Waals surface area contributed by atoms with Crippen LogP contribution in [0.4, 0.5) is 10.9 Å². The molecule has 5 aliphatic rings. The van der Waals surface area contributed by atoms with E-state index in [-0.39, 0.29) is 66.0 Å². The zero-order valence-electron chi connectivity index (χ0n) is 48.6. The molecule has 18 nitrogen and oxygen atoms in total. The number of thiazole rings is 2. The molecule has 0 bridgehead atoms. The largest absolute Gasteiger partial charge is 0.472 e. The van der Waals surface area contributed by atoms with Crippen molar-refractivity contribution in [1.29, 1.82) is 0 Å². The maximum absolute atomic E-state index is 15.0. The van der Waals surface area contributed by atoms with E-state index >= 15 is 4.79 Å². The lowest BCUT2D eigenvalue weighted by molar-refractivity contribution is -0.141. The van der Waals surface area contributed by atoms with Gasteiger partial charge in [-0.25, -0.2) is 15.0 Å². The molecule has 4 fully saturated rings. The van der Waals surface area contributed by atoms with E-state index < -0.39 is 18.1 Å². The second-order valence-electron chi connectivity index (χ2n) is 24.6. The van der Waals surface area contributed by atoms with E-state index in [2.05, 4.69) is 48.3 Å². The van der Waals surface area contributed by atoms with Crippen LogP contribution in [0, 0.1) is 31.1 Å². The van der Waals surface area contributed by atoms with Crippen molar-refractivity contribution in [3.63, 3.8) is 0 Å². The summed E-state index contributed by atoms with van der Waals surface area (Å²) >= 11 is 3.03. The van der Waals surface area contributed by atoms with Gasteiger partial charge in [-0.3, -0.25) is 29.2 Å². The maximum atomic E-state index is 15.0. The molecule has 0 radical (unpaired) electrons. The summed E-state index contributed by atoms with van der Waals surface area (Å²) in [7, 11) is 0. The number of carbonyl (C=O) groups is 4. The van der Waals surface area contributed by atoms with E-state index in [0.29, 0.717) is 79.3 Å². The Kier molecular flexibility index (Phi) is 15.4. The molecule has 13 rings (SSSR count). The molecule has 5 aromatic heterocycles. The number of anilines is 2. The van der Waals surface area contributed by atoms with E-state index in [0.717, 1.165) is 66.4 Å². The summed E-state index contributed by atoms with van der Waals surface area (Å²) in [6, 6.07) is 26.2. The lowest BCUT2D eigenvalue weighted by atomic mass is 9.61. The molecule has 2 saturated heterocycles. The van der Waals surface area contributed by atoms with Crippen LogP contribution in [0.15, 0.2) is 101 Å². The smallest absolute Gasteiger partial charge is 0.273 e. The first-order valence-electron chi connectivity index (χ1n) is 29.9. The molecular formula is C65H71N11O7S2. The number of aromatic nitrogens is 6. The standard InChI is InChI=1S/C65H71N11O7S2/c1-37(2)57(62(80)75-32-45(77)26-52(75)61(79)68-38(3)42-18-20-44(21-19-42)59-39(4)66-36-84-59)53-27-56(72-83-53)82-46-28-65(29-46)34-74(35-65)63(81)58-47(49-30-67-76(40(49)5)31-41-12-7-6-8-13-41)22-23-55(70-58)73-25-24-43-14-11-15-48(50(43)33-73)60(78)71-64-69-51-16-9-10-17-54(51)85-64/h9-11,14-23,27,30,36-38,41,45-46,52,57,77H,6-8,12-13,24-26,28-29,31-35H2,1-5H3,(H,68,79)(H,69,71,78)/t38-,45+,52-,57-/m0/s1. The maximum Gasteiger partial charge on any atom is 0.273 e. The zero-order valence-corrected chi connectivity index (χ0v) is 50.3. The lowest BCUT2D eigenvalue weighted by Gasteiger charge is -2.58. The van der Waals surface area contributed by atoms with Crippen molar-refractivity contribution >= 4 is 67.5 Å². The van der Waals surface area contributed by atoms with Gasteiger partial charge in [-0.2, -0.15) is 5.10 Å². The van der Waals surface area contributed by atoms with Crippen molar-refractivity contribution in [3.05, 3.63) is 142 Å². The van der Waals surface area contributed by atoms with Crippen LogP contribution in [0.2, 0.25) is 0 Å². The first kappa shape index (κ1) is 56.3. The Bertz CT molecular complexity index is 3780. The number of para-hydroxylation sites is 1. The molecule has 4 atom stereocenters. The number of amides is 4. The molecule has 3 aromatic carbocycles. The van der Waals surface area contributed by atoms with E-state index in [1.165, 1.54) is 48.3 Å². The summed E-state index contributed by atoms with van der Waals surface area (Å²) in [5, 5.41) is 26.7. The Labute approximate surface area is 502 Å². The fourth-order valence-electron chi connectivity index (χ4n) is 13.7. The number of hydrogen-bond donors (Lipinski definition) is 3. The van der Waals surface area contributed by atoms with Crippen LogP contribution < -0.4 is 20.3 Å². The normalized spacial score (nSPS) is 19.4. The summed E-state index contributed by atoms with van der Waals surface area (Å²) in [5.41, 5.74) is 11.1. The first-order chi connectivity index (χ1) is 41.1. The predicted octanol–water partition coefficient (Wildman–Crippen LogP) is 10.9. The SMILES string of the molecule is Cc1ncsc1-c1ccc([C@H](C)NC(=O)[C@@H]2C[C@@H](O)CN2C(=O)[C@H](c2cc(OC3CC4(C3)CN(C(=O)c3nc(N5CCc6cccc(C(=O)Nc7nc8ccccc8s7)c6C5)ccc3-c3cnn(CC5CCCCC5)c3C)C4)no2)C(C)C)cc1. The van der Waals surface area contributed by atoms with Gasteiger partial charge in [0.15, 0.2) is 10.9 Å². The van der Waals surface area contributed by atoms with Crippen LogP contribution in [0.25, 0.3) is 31.8 Å². The van der Waals surface area contributed by atoms with Gasteiger partial charge in [0.1, 0.15) is 29.6 Å². The number of hydrogen-bond acceptors (Lipinski definition) is 15. The molecule has 2 aliphatic carbocycles. The van der Waals surface area contributed by atoms with Gasteiger partial charge in [-0.1, -0.05) is 93.0 Å². The van der Waals surface area contributed by atoms with Gasteiger partial charge in [-0.05, 0) is 122 Å². The highest BCUT2D eigenvalue weighted by Gasteiger charge is 2.55.